The molecule has 1 aliphatic heterocycles. The maximum absolute atomic E-state index is 12.8. The Hall–Kier alpha value is -3.12. The van der Waals surface area contributed by atoms with Crippen LogP contribution in [0.25, 0.3) is 11.3 Å². The number of hydrogen-bond acceptors (Lipinski definition) is 3. The standard InChI is InChI=1S/C21H19ClN4O2/c1-26-12-16(19(25-26)15-7-2-4-8-17(15)22)20(27)23-11-10-14-13-6-3-5-9-18(13)24-21(14)28/h2-9,12,14H,10-11H2,1H3,(H,23,27)(H,24,28). The summed E-state index contributed by atoms with van der Waals surface area (Å²) >= 11 is 6.27. The summed E-state index contributed by atoms with van der Waals surface area (Å²) in [5, 5.41) is 10.7. The molecule has 0 bridgehead atoms. The number of nitrogens with zero attached hydrogens (tertiary/aromatic N) is 2. The Balaban J connectivity index is 1.47. The fourth-order valence-electron chi connectivity index (χ4n) is 3.49. The molecule has 1 aromatic heterocycles. The van der Waals surface area contributed by atoms with Crippen molar-refractivity contribution >= 4 is 29.1 Å². The van der Waals surface area contributed by atoms with Gasteiger partial charge < -0.3 is 10.6 Å². The van der Waals surface area contributed by atoms with Crippen LogP contribution in [0.3, 0.4) is 0 Å². The number of fused-ring (bicyclic) bond motifs is 1. The van der Waals surface area contributed by atoms with Crippen molar-refractivity contribution in [1.29, 1.82) is 0 Å². The van der Waals surface area contributed by atoms with Gasteiger partial charge in [0.1, 0.15) is 5.69 Å². The predicted molar refractivity (Wildman–Crippen MR) is 108 cm³/mol. The number of benzene rings is 2. The highest BCUT2D eigenvalue weighted by Crippen LogP contribution is 2.34. The second-order valence-electron chi connectivity index (χ2n) is 6.72. The molecule has 0 saturated carbocycles. The third-order valence-corrected chi connectivity index (χ3v) is 5.16. The smallest absolute Gasteiger partial charge is 0.255 e. The third kappa shape index (κ3) is 3.39. The number of rotatable bonds is 5. The van der Waals surface area contributed by atoms with Crippen LogP contribution in [-0.4, -0.2) is 28.1 Å². The van der Waals surface area contributed by atoms with Gasteiger partial charge in [0.05, 0.1) is 16.5 Å². The van der Waals surface area contributed by atoms with E-state index in [2.05, 4.69) is 15.7 Å². The van der Waals surface area contributed by atoms with E-state index < -0.39 is 0 Å². The Morgan fingerprint density at radius 2 is 1.96 bits per heavy atom. The Morgan fingerprint density at radius 3 is 2.79 bits per heavy atom. The van der Waals surface area contributed by atoms with Gasteiger partial charge in [-0.05, 0) is 24.1 Å². The lowest BCUT2D eigenvalue weighted by molar-refractivity contribution is -0.117. The zero-order chi connectivity index (χ0) is 19.7. The molecule has 7 heteroatoms. The van der Waals surface area contributed by atoms with E-state index in [9.17, 15) is 9.59 Å². The van der Waals surface area contributed by atoms with Gasteiger partial charge in [0.25, 0.3) is 5.91 Å². The van der Waals surface area contributed by atoms with Gasteiger partial charge in [0, 0.05) is 31.0 Å². The van der Waals surface area contributed by atoms with Gasteiger partial charge in [-0.25, -0.2) is 0 Å². The zero-order valence-electron chi connectivity index (χ0n) is 15.3. The summed E-state index contributed by atoms with van der Waals surface area (Å²) in [4.78, 5) is 25.0. The number of amides is 2. The van der Waals surface area contributed by atoms with Crippen LogP contribution in [0.15, 0.2) is 54.7 Å². The number of anilines is 1. The Bertz CT molecular complexity index is 1060. The summed E-state index contributed by atoms with van der Waals surface area (Å²) in [6.45, 7) is 0.377. The number of para-hydroxylation sites is 1. The Kier molecular flexibility index (Phi) is 4.88. The lowest BCUT2D eigenvalue weighted by Gasteiger charge is -2.10. The normalized spacial score (nSPS) is 15.2. The fraction of sp³-hybridized carbons (Fsp3) is 0.190. The topological polar surface area (TPSA) is 76.0 Å². The van der Waals surface area contributed by atoms with Crippen molar-refractivity contribution < 1.29 is 9.59 Å². The summed E-state index contributed by atoms with van der Waals surface area (Å²) in [5.41, 5.74) is 3.51. The van der Waals surface area contributed by atoms with Crippen LogP contribution >= 0.6 is 11.6 Å². The summed E-state index contributed by atoms with van der Waals surface area (Å²) in [5.74, 6) is -0.531. The number of nitrogens with one attached hydrogen (secondary N) is 2. The summed E-state index contributed by atoms with van der Waals surface area (Å²) in [6, 6.07) is 14.9. The highest BCUT2D eigenvalue weighted by atomic mass is 35.5. The van der Waals surface area contributed by atoms with Crippen molar-refractivity contribution in [1.82, 2.24) is 15.1 Å². The molecular formula is C21H19ClN4O2. The number of carbonyl (C=O) groups excluding carboxylic acids is 2. The molecule has 3 aromatic rings. The van der Waals surface area contributed by atoms with E-state index in [0.29, 0.717) is 34.8 Å². The largest absolute Gasteiger partial charge is 0.352 e. The number of hydrogen-bond donors (Lipinski definition) is 2. The molecule has 0 aliphatic carbocycles. The molecule has 2 heterocycles. The van der Waals surface area contributed by atoms with Crippen molar-refractivity contribution in [2.45, 2.75) is 12.3 Å². The van der Waals surface area contributed by atoms with Gasteiger partial charge in [-0.2, -0.15) is 5.10 Å². The lowest BCUT2D eigenvalue weighted by atomic mass is 9.97. The Labute approximate surface area is 167 Å². The Morgan fingerprint density at radius 1 is 1.21 bits per heavy atom. The highest BCUT2D eigenvalue weighted by Gasteiger charge is 2.29. The minimum atomic E-state index is -0.256. The first-order chi connectivity index (χ1) is 13.5. The molecule has 0 saturated heterocycles. The fourth-order valence-corrected chi connectivity index (χ4v) is 3.72. The summed E-state index contributed by atoms with van der Waals surface area (Å²) in [6.07, 6.45) is 2.20. The number of carbonyl (C=O) groups is 2. The molecule has 6 nitrogen and oxygen atoms in total. The molecule has 2 amide bonds. The van der Waals surface area contributed by atoms with Gasteiger partial charge in [0.2, 0.25) is 5.91 Å². The summed E-state index contributed by atoms with van der Waals surface area (Å²) < 4.78 is 1.59. The minimum Gasteiger partial charge on any atom is -0.352 e. The number of halogens is 1. The molecule has 1 unspecified atom stereocenters. The average Bonchev–Trinajstić information content (AvgIpc) is 3.22. The molecule has 0 fully saturated rings. The molecule has 142 valence electrons. The van der Waals surface area contributed by atoms with E-state index in [4.69, 9.17) is 11.6 Å². The van der Waals surface area contributed by atoms with Crippen molar-refractivity contribution in [3.8, 4) is 11.3 Å². The zero-order valence-corrected chi connectivity index (χ0v) is 16.0. The first-order valence-electron chi connectivity index (χ1n) is 9.01. The minimum absolute atomic E-state index is 0.0337. The average molecular weight is 395 g/mol. The van der Waals surface area contributed by atoms with Crippen molar-refractivity contribution in [2.75, 3.05) is 11.9 Å². The van der Waals surface area contributed by atoms with E-state index in [0.717, 1.165) is 11.3 Å². The van der Waals surface area contributed by atoms with Gasteiger partial charge in [0.15, 0.2) is 0 Å². The molecular weight excluding hydrogens is 376 g/mol. The van der Waals surface area contributed by atoms with Crippen LogP contribution in [-0.2, 0) is 11.8 Å². The van der Waals surface area contributed by atoms with Gasteiger partial charge in [-0.15, -0.1) is 0 Å². The molecule has 4 rings (SSSR count). The van der Waals surface area contributed by atoms with E-state index in [-0.39, 0.29) is 17.7 Å². The quantitative estimate of drug-likeness (QED) is 0.694. The van der Waals surface area contributed by atoms with Crippen LogP contribution in [0.2, 0.25) is 5.02 Å². The van der Waals surface area contributed by atoms with Crippen LogP contribution in [0.4, 0.5) is 5.69 Å². The second-order valence-corrected chi connectivity index (χ2v) is 7.13. The molecule has 0 spiro atoms. The monoisotopic (exact) mass is 394 g/mol. The van der Waals surface area contributed by atoms with Crippen LogP contribution in [0.5, 0.6) is 0 Å². The summed E-state index contributed by atoms with van der Waals surface area (Å²) in [7, 11) is 1.76. The van der Waals surface area contributed by atoms with Crippen LogP contribution < -0.4 is 10.6 Å². The van der Waals surface area contributed by atoms with Gasteiger partial charge in [-0.1, -0.05) is 48.0 Å². The van der Waals surface area contributed by atoms with E-state index in [1.165, 1.54) is 0 Å². The van der Waals surface area contributed by atoms with E-state index >= 15 is 0 Å². The molecule has 1 atom stereocenters. The maximum atomic E-state index is 12.8. The number of aromatic nitrogens is 2. The SMILES string of the molecule is Cn1cc(C(=O)NCCC2C(=O)Nc3ccccc32)c(-c2ccccc2Cl)n1. The van der Waals surface area contributed by atoms with Crippen LogP contribution in [0.1, 0.15) is 28.3 Å². The molecule has 28 heavy (non-hydrogen) atoms. The van der Waals surface area contributed by atoms with E-state index in [1.54, 1.807) is 24.0 Å². The van der Waals surface area contributed by atoms with Crippen molar-refractivity contribution in [3.63, 3.8) is 0 Å². The lowest BCUT2D eigenvalue weighted by Crippen LogP contribution is -2.27. The maximum Gasteiger partial charge on any atom is 0.255 e. The number of aryl methyl sites for hydroxylation is 1. The molecule has 1 aliphatic rings. The molecule has 0 radical (unpaired) electrons. The first-order valence-corrected chi connectivity index (χ1v) is 9.39. The molecule has 2 aromatic carbocycles. The van der Waals surface area contributed by atoms with E-state index in [1.807, 2.05) is 42.5 Å². The van der Waals surface area contributed by atoms with Crippen molar-refractivity contribution in [2.24, 2.45) is 7.05 Å². The first kappa shape index (κ1) is 18.3. The van der Waals surface area contributed by atoms with Gasteiger partial charge in [-0.3, -0.25) is 14.3 Å². The molecule has 2 N–H and O–H groups in total. The highest BCUT2D eigenvalue weighted by molar-refractivity contribution is 6.33. The predicted octanol–water partition coefficient (Wildman–Crippen LogP) is 3.60. The van der Waals surface area contributed by atoms with Crippen LogP contribution in [0, 0.1) is 0 Å². The second kappa shape index (κ2) is 7.48. The third-order valence-electron chi connectivity index (χ3n) is 4.83. The van der Waals surface area contributed by atoms with Crippen molar-refractivity contribution in [3.05, 3.63) is 70.9 Å². The van der Waals surface area contributed by atoms with Gasteiger partial charge >= 0.3 is 0 Å².